The third kappa shape index (κ3) is 2.33. The molecular weight excluding hydrogens is 342 g/mol. The van der Waals surface area contributed by atoms with Crippen LogP contribution in [0.2, 0.25) is 0 Å². The molecule has 132 valence electrons. The molecule has 3 aromatic rings. The molecule has 0 unspecified atom stereocenters. The average Bonchev–Trinajstić information content (AvgIpc) is 2.98. The minimum Gasteiger partial charge on any atom is -0.295 e. The molecule has 25 heavy (non-hydrogen) atoms. The summed E-state index contributed by atoms with van der Waals surface area (Å²) in [7, 11) is 0. The van der Waals surface area contributed by atoms with Crippen molar-refractivity contribution in [2.75, 3.05) is 0 Å². The summed E-state index contributed by atoms with van der Waals surface area (Å²) >= 11 is 1.39. The molecule has 1 fully saturated rings. The zero-order valence-electron chi connectivity index (χ0n) is 14.3. The van der Waals surface area contributed by atoms with Crippen molar-refractivity contribution in [3.8, 4) is 0 Å². The van der Waals surface area contributed by atoms with Crippen molar-refractivity contribution in [3.05, 3.63) is 48.1 Å². The van der Waals surface area contributed by atoms with Crippen molar-refractivity contribution in [1.82, 2.24) is 23.9 Å². The standard InChI is InChI=1S/C16H19N5O3S/c1-4-19-14-12(13(22)21(16(19)24)10-5-8(10)2)9(3)11(25-14)6-20-15(23)17-7-18-20/h7-8,10H,4-6H2,1-3H3,(H,17,18,23)/t8-,10-/m0/s1. The maximum absolute atomic E-state index is 13.0. The van der Waals surface area contributed by atoms with Gasteiger partial charge in [0.25, 0.3) is 5.56 Å². The van der Waals surface area contributed by atoms with Gasteiger partial charge in [-0.15, -0.1) is 11.3 Å². The summed E-state index contributed by atoms with van der Waals surface area (Å²) in [5.74, 6) is 0.356. The van der Waals surface area contributed by atoms with Crippen LogP contribution < -0.4 is 16.9 Å². The van der Waals surface area contributed by atoms with Gasteiger partial charge in [0, 0.05) is 17.5 Å². The minimum atomic E-state index is -0.297. The first-order chi connectivity index (χ1) is 11.9. The third-order valence-electron chi connectivity index (χ3n) is 4.97. The Morgan fingerprint density at radius 3 is 2.64 bits per heavy atom. The molecule has 0 aliphatic heterocycles. The van der Waals surface area contributed by atoms with Crippen molar-refractivity contribution in [3.63, 3.8) is 0 Å². The van der Waals surface area contributed by atoms with Crippen molar-refractivity contribution in [2.45, 2.75) is 46.3 Å². The second-order valence-corrected chi connectivity index (χ2v) is 7.65. The van der Waals surface area contributed by atoms with E-state index >= 15 is 0 Å². The topological polar surface area (TPSA) is 94.7 Å². The predicted octanol–water partition coefficient (Wildman–Crippen LogP) is 1.07. The van der Waals surface area contributed by atoms with E-state index in [2.05, 4.69) is 10.1 Å². The third-order valence-corrected chi connectivity index (χ3v) is 6.27. The molecule has 0 amide bonds. The van der Waals surface area contributed by atoms with Crippen LogP contribution in [0.4, 0.5) is 0 Å². The normalized spacial score (nSPS) is 19.6. The fourth-order valence-corrected chi connectivity index (χ4v) is 4.66. The molecule has 1 aliphatic carbocycles. The molecule has 0 spiro atoms. The molecule has 4 rings (SSSR count). The molecule has 0 radical (unpaired) electrons. The van der Waals surface area contributed by atoms with Gasteiger partial charge in [0.2, 0.25) is 0 Å². The maximum atomic E-state index is 13.0. The SMILES string of the molecule is CCn1c(=O)n([C@H]2C[C@@H]2C)c(=O)c2c(C)c(Cn3nc[nH]c3=O)sc21. The summed E-state index contributed by atoms with van der Waals surface area (Å²) < 4.78 is 4.39. The number of hydrogen-bond donors (Lipinski definition) is 1. The van der Waals surface area contributed by atoms with Crippen molar-refractivity contribution in [1.29, 1.82) is 0 Å². The van der Waals surface area contributed by atoms with E-state index in [1.807, 2.05) is 20.8 Å². The van der Waals surface area contributed by atoms with Crippen molar-refractivity contribution >= 4 is 21.6 Å². The number of fused-ring (bicyclic) bond motifs is 1. The lowest BCUT2D eigenvalue weighted by molar-refractivity contribution is 0.577. The Morgan fingerprint density at radius 1 is 1.36 bits per heavy atom. The Morgan fingerprint density at radius 2 is 2.08 bits per heavy atom. The van der Waals surface area contributed by atoms with E-state index < -0.39 is 0 Å². The molecule has 0 bridgehead atoms. The summed E-state index contributed by atoms with van der Waals surface area (Å²) in [4.78, 5) is 41.6. The predicted molar refractivity (Wildman–Crippen MR) is 95.5 cm³/mol. The molecule has 1 N–H and O–H groups in total. The maximum Gasteiger partial charge on any atom is 0.343 e. The number of hydrogen-bond acceptors (Lipinski definition) is 5. The summed E-state index contributed by atoms with van der Waals surface area (Å²) in [6.07, 6.45) is 2.21. The molecule has 0 saturated heterocycles. The minimum absolute atomic E-state index is 0.00101. The fourth-order valence-electron chi connectivity index (χ4n) is 3.32. The van der Waals surface area contributed by atoms with Crippen LogP contribution in [0.1, 0.15) is 36.8 Å². The monoisotopic (exact) mass is 361 g/mol. The van der Waals surface area contributed by atoms with Crippen LogP contribution in [0.25, 0.3) is 10.2 Å². The van der Waals surface area contributed by atoms with Crippen molar-refractivity contribution < 1.29 is 0 Å². The lowest BCUT2D eigenvalue weighted by Crippen LogP contribution is -2.39. The van der Waals surface area contributed by atoms with E-state index in [9.17, 15) is 14.4 Å². The van der Waals surface area contributed by atoms with E-state index in [1.165, 1.54) is 26.9 Å². The molecular formula is C16H19N5O3S. The number of H-pyrrole nitrogens is 1. The van der Waals surface area contributed by atoms with Crippen LogP contribution >= 0.6 is 11.3 Å². The van der Waals surface area contributed by atoms with Crippen LogP contribution in [0.15, 0.2) is 20.7 Å². The van der Waals surface area contributed by atoms with E-state index in [0.29, 0.717) is 22.7 Å². The highest BCUT2D eigenvalue weighted by Crippen LogP contribution is 2.41. The number of rotatable bonds is 4. The second kappa shape index (κ2) is 5.55. The first-order valence-electron chi connectivity index (χ1n) is 8.31. The Bertz CT molecular complexity index is 1150. The molecule has 3 aromatic heterocycles. The van der Waals surface area contributed by atoms with E-state index in [1.54, 1.807) is 4.57 Å². The summed E-state index contributed by atoms with van der Waals surface area (Å²) in [6, 6.07) is -0.00101. The van der Waals surface area contributed by atoms with Gasteiger partial charge in [-0.1, -0.05) is 6.92 Å². The number of aromatic amines is 1. The lowest BCUT2D eigenvalue weighted by Gasteiger charge is -2.10. The van der Waals surface area contributed by atoms with Crippen molar-refractivity contribution in [2.24, 2.45) is 5.92 Å². The Balaban J connectivity index is 1.98. The van der Waals surface area contributed by atoms with Gasteiger partial charge in [-0.25, -0.2) is 14.3 Å². The van der Waals surface area contributed by atoms with Crippen LogP contribution in [0.3, 0.4) is 0 Å². The Hall–Kier alpha value is -2.42. The first-order valence-corrected chi connectivity index (χ1v) is 9.13. The zero-order valence-corrected chi connectivity index (χ0v) is 15.1. The smallest absolute Gasteiger partial charge is 0.295 e. The molecule has 9 heteroatoms. The quantitative estimate of drug-likeness (QED) is 0.752. The summed E-state index contributed by atoms with van der Waals surface area (Å²) in [5.41, 5.74) is 0.0746. The van der Waals surface area contributed by atoms with Crippen LogP contribution in [-0.2, 0) is 13.1 Å². The number of nitrogens with zero attached hydrogens (tertiary/aromatic N) is 4. The van der Waals surface area contributed by atoms with Gasteiger partial charge in [0.05, 0.1) is 11.9 Å². The number of aromatic nitrogens is 5. The van der Waals surface area contributed by atoms with Crippen LogP contribution in [0, 0.1) is 12.8 Å². The van der Waals surface area contributed by atoms with Gasteiger partial charge in [-0.05, 0) is 31.7 Å². The van der Waals surface area contributed by atoms with Gasteiger partial charge in [-0.2, -0.15) is 5.10 Å². The second-order valence-electron chi connectivity index (χ2n) is 6.56. The van der Waals surface area contributed by atoms with Gasteiger partial charge < -0.3 is 0 Å². The molecule has 1 aliphatic rings. The van der Waals surface area contributed by atoms with Gasteiger partial charge in [0.15, 0.2) is 0 Å². The molecule has 1 saturated carbocycles. The zero-order chi connectivity index (χ0) is 17.9. The number of nitrogens with one attached hydrogen (secondary N) is 1. The van der Waals surface area contributed by atoms with Gasteiger partial charge >= 0.3 is 11.4 Å². The number of aryl methyl sites for hydroxylation is 2. The van der Waals surface area contributed by atoms with Gasteiger partial charge in [-0.3, -0.25) is 18.9 Å². The molecule has 2 atom stereocenters. The molecule has 3 heterocycles. The average molecular weight is 361 g/mol. The Kier molecular flexibility index (Phi) is 3.57. The number of thiophene rings is 1. The first kappa shape index (κ1) is 16.1. The molecule has 0 aromatic carbocycles. The highest BCUT2D eigenvalue weighted by Gasteiger charge is 2.38. The van der Waals surface area contributed by atoms with Crippen LogP contribution in [0.5, 0.6) is 0 Å². The highest BCUT2D eigenvalue weighted by molar-refractivity contribution is 7.18. The van der Waals surface area contributed by atoms with E-state index in [-0.39, 0.29) is 29.5 Å². The Labute approximate surface area is 146 Å². The van der Waals surface area contributed by atoms with E-state index in [4.69, 9.17) is 0 Å². The summed E-state index contributed by atoms with van der Waals surface area (Å²) in [6.45, 7) is 6.60. The van der Waals surface area contributed by atoms with Gasteiger partial charge in [0.1, 0.15) is 11.2 Å². The highest BCUT2D eigenvalue weighted by atomic mass is 32.1. The van der Waals surface area contributed by atoms with E-state index in [0.717, 1.165) is 16.9 Å². The lowest BCUT2D eigenvalue weighted by atomic mass is 10.2. The largest absolute Gasteiger partial charge is 0.343 e. The fraction of sp³-hybridized carbons (Fsp3) is 0.500. The van der Waals surface area contributed by atoms with Crippen LogP contribution in [-0.4, -0.2) is 23.9 Å². The summed E-state index contributed by atoms with van der Waals surface area (Å²) in [5, 5.41) is 4.56. The molecule has 8 nitrogen and oxygen atoms in total.